The molecule has 1 rings (SSSR count). The Labute approximate surface area is 203 Å². The molecular weight excluding hydrogens is 477 g/mol. The SMILES string of the molecule is O=C(O)CSCCCCCCCCCCCCCNC(=O)Nc1ccc(Cl)c(C(F)(F)F)c1. The first kappa shape index (κ1) is 29.4. The summed E-state index contributed by atoms with van der Waals surface area (Å²) in [6.07, 6.45) is 7.80. The van der Waals surface area contributed by atoms with Gasteiger partial charge in [-0.15, -0.1) is 0 Å². The van der Waals surface area contributed by atoms with Crippen molar-refractivity contribution in [2.75, 3.05) is 23.4 Å². The Morgan fingerprint density at radius 2 is 1.45 bits per heavy atom. The van der Waals surface area contributed by atoms with Crippen LogP contribution in [0.4, 0.5) is 23.7 Å². The molecule has 1 aromatic rings. The molecule has 0 aliphatic heterocycles. The van der Waals surface area contributed by atoms with Crippen molar-refractivity contribution in [2.45, 2.75) is 76.8 Å². The number of thioether (sulfide) groups is 1. The Kier molecular flexibility index (Phi) is 15.1. The van der Waals surface area contributed by atoms with E-state index in [0.717, 1.165) is 56.4 Å². The number of carboxylic acids is 1. The smallest absolute Gasteiger partial charge is 0.417 e. The summed E-state index contributed by atoms with van der Waals surface area (Å²) in [5.41, 5.74) is -0.935. The van der Waals surface area contributed by atoms with E-state index in [1.807, 2.05) is 0 Å². The van der Waals surface area contributed by atoms with Gasteiger partial charge < -0.3 is 15.7 Å². The molecule has 0 saturated heterocycles. The summed E-state index contributed by atoms with van der Waals surface area (Å²) in [7, 11) is 0. The van der Waals surface area contributed by atoms with Crippen LogP contribution in [0.1, 0.15) is 76.2 Å². The molecule has 10 heteroatoms. The minimum Gasteiger partial charge on any atom is -0.481 e. The van der Waals surface area contributed by atoms with Gasteiger partial charge in [0.15, 0.2) is 0 Å². The van der Waals surface area contributed by atoms with Crippen molar-refractivity contribution in [3.05, 3.63) is 28.8 Å². The average molecular weight is 511 g/mol. The molecular formula is C23H34ClF3N2O3S. The minimum atomic E-state index is -4.57. The van der Waals surface area contributed by atoms with Gasteiger partial charge in [-0.05, 0) is 36.8 Å². The molecule has 2 amide bonds. The third-order valence-electron chi connectivity index (χ3n) is 5.01. The highest BCUT2D eigenvalue weighted by Gasteiger charge is 2.33. The largest absolute Gasteiger partial charge is 0.481 e. The van der Waals surface area contributed by atoms with Gasteiger partial charge >= 0.3 is 18.2 Å². The summed E-state index contributed by atoms with van der Waals surface area (Å²) < 4.78 is 38.6. The topological polar surface area (TPSA) is 78.4 Å². The van der Waals surface area contributed by atoms with Gasteiger partial charge in [-0.2, -0.15) is 24.9 Å². The maximum absolute atomic E-state index is 12.9. The number of halogens is 4. The van der Waals surface area contributed by atoms with Crippen molar-refractivity contribution >= 4 is 41.1 Å². The third kappa shape index (κ3) is 15.0. The lowest BCUT2D eigenvalue weighted by molar-refractivity contribution is -0.137. The summed E-state index contributed by atoms with van der Waals surface area (Å²) in [5.74, 6) is 0.365. The summed E-state index contributed by atoms with van der Waals surface area (Å²) >= 11 is 7.05. The van der Waals surface area contributed by atoms with Gasteiger partial charge in [-0.3, -0.25) is 4.79 Å². The highest BCUT2D eigenvalue weighted by atomic mass is 35.5. The Balaban J connectivity index is 1.96. The van der Waals surface area contributed by atoms with Crippen molar-refractivity contribution < 1.29 is 27.9 Å². The van der Waals surface area contributed by atoms with E-state index in [1.165, 1.54) is 49.9 Å². The molecule has 0 fully saturated rings. The fourth-order valence-electron chi connectivity index (χ4n) is 3.28. The Morgan fingerprint density at radius 3 is 2.00 bits per heavy atom. The maximum atomic E-state index is 12.9. The Morgan fingerprint density at radius 1 is 0.909 bits per heavy atom. The lowest BCUT2D eigenvalue weighted by atomic mass is 10.1. The van der Waals surface area contributed by atoms with Crippen LogP contribution < -0.4 is 10.6 Å². The quantitative estimate of drug-likeness (QED) is 0.189. The van der Waals surface area contributed by atoms with Gasteiger partial charge in [0, 0.05) is 12.2 Å². The van der Waals surface area contributed by atoms with Crippen LogP contribution in [0.5, 0.6) is 0 Å². The number of alkyl halides is 3. The number of anilines is 1. The van der Waals surface area contributed by atoms with Crippen molar-refractivity contribution in [1.29, 1.82) is 0 Å². The Bertz CT molecular complexity index is 721. The van der Waals surface area contributed by atoms with Gasteiger partial charge in [-0.25, -0.2) is 4.79 Å². The molecule has 0 spiro atoms. The molecule has 0 unspecified atom stereocenters. The summed E-state index contributed by atoms with van der Waals surface area (Å²) in [6.45, 7) is 0.469. The van der Waals surface area contributed by atoms with Crippen molar-refractivity contribution in [2.24, 2.45) is 0 Å². The van der Waals surface area contributed by atoms with Crippen LogP contribution in [-0.4, -0.2) is 35.2 Å². The van der Waals surface area contributed by atoms with Crippen molar-refractivity contribution in [1.82, 2.24) is 5.32 Å². The number of carboxylic acid groups (broad SMARTS) is 1. The molecule has 33 heavy (non-hydrogen) atoms. The lowest BCUT2D eigenvalue weighted by Crippen LogP contribution is -2.29. The number of carbonyl (C=O) groups is 2. The molecule has 0 saturated carbocycles. The lowest BCUT2D eigenvalue weighted by Gasteiger charge is -2.12. The number of benzene rings is 1. The number of carbonyl (C=O) groups excluding carboxylic acids is 1. The molecule has 0 aliphatic carbocycles. The molecule has 0 aromatic heterocycles. The fourth-order valence-corrected chi connectivity index (χ4v) is 4.23. The van der Waals surface area contributed by atoms with Crippen LogP contribution in [0, 0.1) is 0 Å². The minimum absolute atomic E-state index is 0.0429. The molecule has 188 valence electrons. The number of amides is 2. The average Bonchev–Trinajstić information content (AvgIpc) is 2.73. The number of aliphatic carboxylic acids is 1. The highest BCUT2D eigenvalue weighted by Crippen LogP contribution is 2.36. The first-order chi connectivity index (χ1) is 15.7. The molecule has 0 aliphatic rings. The maximum Gasteiger partial charge on any atom is 0.417 e. The van der Waals surface area contributed by atoms with Crippen molar-refractivity contribution in [3.63, 3.8) is 0 Å². The first-order valence-corrected chi connectivity index (χ1v) is 12.9. The summed E-state index contributed by atoms with van der Waals surface area (Å²) in [6, 6.07) is 2.73. The molecule has 0 radical (unpaired) electrons. The van der Waals surface area contributed by atoms with Gasteiger partial charge in [0.2, 0.25) is 0 Å². The van der Waals surface area contributed by atoms with Crippen LogP contribution in [0.2, 0.25) is 5.02 Å². The molecule has 0 bridgehead atoms. The molecule has 0 heterocycles. The van der Waals surface area contributed by atoms with E-state index in [-0.39, 0.29) is 11.4 Å². The highest BCUT2D eigenvalue weighted by molar-refractivity contribution is 7.99. The summed E-state index contributed by atoms with van der Waals surface area (Å²) in [4.78, 5) is 22.3. The van der Waals surface area contributed by atoms with E-state index in [9.17, 15) is 22.8 Å². The number of urea groups is 1. The van der Waals surface area contributed by atoms with E-state index >= 15 is 0 Å². The van der Waals surface area contributed by atoms with E-state index in [2.05, 4.69) is 10.6 Å². The molecule has 0 atom stereocenters. The number of unbranched alkanes of at least 4 members (excludes halogenated alkanes) is 10. The number of hydrogen-bond acceptors (Lipinski definition) is 3. The second kappa shape index (κ2) is 16.9. The first-order valence-electron chi connectivity index (χ1n) is 11.4. The second-order valence-electron chi connectivity index (χ2n) is 7.91. The van der Waals surface area contributed by atoms with Crippen LogP contribution >= 0.6 is 23.4 Å². The zero-order valence-corrected chi connectivity index (χ0v) is 20.4. The number of nitrogens with one attached hydrogen (secondary N) is 2. The van der Waals surface area contributed by atoms with Gasteiger partial charge in [-0.1, -0.05) is 69.4 Å². The van der Waals surface area contributed by atoms with Crippen molar-refractivity contribution in [3.8, 4) is 0 Å². The van der Waals surface area contributed by atoms with Crippen LogP contribution in [0.3, 0.4) is 0 Å². The van der Waals surface area contributed by atoms with Gasteiger partial charge in [0.25, 0.3) is 0 Å². The zero-order valence-electron chi connectivity index (χ0n) is 18.8. The third-order valence-corrected chi connectivity index (χ3v) is 6.36. The molecule has 5 nitrogen and oxygen atoms in total. The predicted molar refractivity (Wildman–Crippen MR) is 129 cm³/mol. The van der Waals surface area contributed by atoms with E-state index in [4.69, 9.17) is 16.7 Å². The fraction of sp³-hybridized carbons (Fsp3) is 0.652. The van der Waals surface area contributed by atoms with Crippen LogP contribution in [0.25, 0.3) is 0 Å². The molecule has 3 N–H and O–H groups in total. The Hall–Kier alpha value is -1.61. The summed E-state index contributed by atoms with van der Waals surface area (Å²) in [5, 5.41) is 13.2. The van der Waals surface area contributed by atoms with Gasteiger partial charge in [0.05, 0.1) is 16.3 Å². The normalized spacial score (nSPS) is 11.4. The van der Waals surface area contributed by atoms with E-state index < -0.39 is 28.8 Å². The van der Waals surface area contributed by atoms with E-state index in [1.54, 1.807) is 0 Å². The van der Waals surface area contributed by atoms with Crippen LogP contribution in [0.15, 0.2) is 18.2 Å². The second-order valence-corrected chi connectivity index (χ2v) is 9.42. The van der Waals surface area contributed by atoms with Crippen LogP contribution in [-0.2, 0) is 11.0 Å². The predicted octanol–water partition coefficient (Wildman–Crippen LogP) is 7.59. The number of hydrogen-bond donors (Lipinski definition) is 3. The zero-order chi connectivity index (χ0) is 24.5. The monoisotopic (exact) mass is 510 g/mol. The van der Waals surface area contributed by atoms with Gasteiger partial charge in [0.1, 0.15) is 0 Å². The number of rotatable bonds is 17. The van der Waals surface area contributed by atoms with E-state index in [0.29, 0.717) is 6.54 Å². The standard InChI is InChI=1S/C23H34ClF3N2O3S/c24-20-13-12-18(16-19(20)23(25,26)27)29-22(32)28-14-10-8-6-4-2-1-3-5-7-9-11-15-33-17-21(30)31/h12-13,16H,1-11,14-15,17H2,(H,30,31)(H2,28,29,32). The molecule has 1 aromatic carbocycles.